The maximum Gasteiger partial charge on any atom is 0.293 e. The van der Waals surface area contributed by atoms with Crippen molar-refractivity contribution in [1.82, 2.24) is 9.88 Å². The van der Waals surface area contributed by atoms with Crippen molar-refractivity contribution in [2.45, 2.75) is 19.4 Å². The summed E-state index contributed by atoms with van der Waals surface area (Å²) < 4.78 is 6.40. The largest absolute Gasteiger partial charge is 0.379 e. The molecule has 0 atom stereocenters. The Morgan fingerprint density at radius 2 is 1.91 bits per heavy atom. The van der Waals surface area contributed by atoms with Gasteiger partial charge in [0.05, 0.1) is 28.4 Å². The summed E-state index contributed by atoms with van der Waals surface area (Å²) in [4.78, 5) is 32.9. The van der Waals surface area contributed by atoms with E-state index in [1.807, 2.05) is 11.0 Å². The zero-order chi connectivity index (χ0) is 22.8. The summed E-state index contributed by atoms with van der Waals surface area (Å²) in [6.07, 6.45) is 2.04. The fourth-order valence-electron chi connectivity index (χ4n) is 4.34. The molecule has 10 heteroatoms. The number of morpholine rings is 1. The zero-order valence-corrected chi connectivity index (χ0v) is 19.0. The lowest BCUT2D eigenvalue weighted by Gasteiger charge is -2.26. The van der Waals surface area contributed by atoms with Crippen molar-refractivity contribution in [2.75, 3.05) is 49.6 Å². The number of rotatable bonds is 6. The summed E-state index contributed by atoms with van der Waals surface area (Å²) >= 11 is 1.40. The topological polar surface area (TPSA) is 101 Å². The number of carbonyl (C=O) groups excluding carboxylic acids is 1. The van der Waals surface area contributed by atoms with E-state index < -0.39 is 10.8 Å². The number of anilines is 2. The third kappa shape index (κ3) is 4.82. The molecule has 2 aromatic carbocycles. The van der Waals surface area contributed by atoms with E-state index in [9.17, 15) is 14.9 Å². The van der Waals surface area contributed by atoms with Gasteiger partial charge in [-0.3, -0.25) is 25.1 Å². The lowest BCUT2D eigenvalue weighted by Crippen LogP contribution is -2.35. The van der Waals surface area contributed by atoms with Crippen LogP contribution >= 0.6 is 11.3 Å². The molecule has 2 aliphatic rings. The SMILES string of the molecule is O=C(Nc1nc2ccc(CN3CCOCC3)cc2s1)c1ccc(N2CCCC2)c([N+](=O)[O-])c1. The number of aromatic nitrogens is 1. The summed E-state index contributed by atoms with van der Waals surface area (Å²) in [5, 5.41) is 14.9. The third-order valence-corrected chi connectivity index (χ3v) is 7.00. The summed E-state index contributed by atoms with van der Waals surface area (Å²) in [6, 6.07) is 10.8. The first-order chi connectivity index (χ1) is 16.1. The predicted molar refractivity (Wildman–Crippen MR) is 128 cm³/mol. The van der Waals surface area contributed by atoms with Crippen molar-refractivity contribution < 1.29 is 14.5 Å². The fraction of sp³-hybridized carbons (Fsp3) is 0.391. The van der Waals surface area contributed by atoms with Gasteiger partial charge in [-0.25, -0.2) is 4.98 Å². The van der Waals surface area contributed by atoms with Crippen LogP contribution in [-0.4, -0.2) is 60.1 Å². The van der Waals surface area contributed by atoms with Crippen molar-refractivity contribution in [1.29, 1.82) is 0 Å². The Bertz CT molecular complexity index is 1180. The second kappa shape index (κ2) is 9.42. The molecule has 3 aromatic rings. The average molecular weight is 468 g/mol. The number of nitro groups is 1. The van der Waals surface area contributed by atoms with Gasteiger partial charge in [0.25, 0.3) is 11.6 Å². The standard InChI is InChI=1S/C23H25N5O4S/c29-22(17-4-6-19(20(14-17)28(30)31)27-7-1-2-8-27)25-23-24-18-5-3-16(13-21(18)33-23)15-26-9-11-32-12-10-26/h3-6,13-14H,1-2,7-12,15H2,(H,24,25,29). The van der Waals surface area contributed by atoms with Crippen molar-refractivity contribution in [3.05, 3.63) is 57.6 Å². The first-order valence-corrected chi connectivity index (χ1v) is 11.9. The quantitative estimate of drug-likeness (QED) is 0.434. The van der Waals surface area contributed by atoms with Crippen LogP contribution in [0.4, 0.5) is 16.5 Å². The van der Waals surface area contributed by atoms with Gasteiger partial charge in [-0.15, -0.1) is 0 Å². The second-order valence-corrected chi connectivity index (χ2v) is 9.35. The van der Waals surface area contributed by atoms with E-state index in [0.717, 1.165) is 69.0 Å². The summed E-state index contributed by atoms with van der Waals surface area (Å²) in [5.74, 6) is -0.404. The van der Waals surface area contributed by atoms with Crippen LogP contribution in [0.5, 0.6) is 0 Å². The number of nitro benzene ring substituents is 1. The summed E-state index contributed by atoms with van der Waals surface area (Å²) in [6.45, 7) is 5.81. The highest BCUT2D eigenvalue weighted by Crippen LogP contribution is 2.32. The van der Waals surface area contributed by atoms with Gasteiger partial charge < -0.3 is 9.64 Å². The molecule has 5 rings (SSSR count). The number of carbonyl (C=O) groups is 1. The lowest BCUT2D eigenvalue weighted by molar-refractivity contribution is -0.384. The number of amides is 1. The number of fused-ring (bicyclic) bond motifs is 1. The molecular weight excluding hydrogens is 442 g/mol. The second-order valence-electron chi connectivity index (χ2n) is 8.32. The van der Waals surface area contributed by atoms with Gasteiger partial charge in [-0.2, -0.15) is 0 Å². The minimum atomic E-state index is -0.419. The van der Waals surface area contributed by atoms with Crippen LogP contribution in [0.1, 0.15) is 28.8 Å². The number of hydrogen-bond donors (Lipinski definition) is 1. The Morgan fingerprint density at radius 3 is 2.67 bits per heavy atom. The van der Waals surface area contributed by atoms with Crippen LogP contribution < -0.4 is 10.2 Å². The number of benzene rings is 2. The van der Waals surface area contributed by atoms with E-state index in [0.29, 0.717) is 10.8 Å². The van der Waals surface area contributed by atoms with Crippen molar-refractivity contribution in [2.24, 2.45) is 0 Å². The van der Waals surface area contributed by atoms with Gasteiger partial charge in [0.2, 0.25) is 0 Å². The molecule has 172 valence electrons. The minimum absolute atomic E-state index is 0.0402. The van der Waals surface area contributed by atoms with E-state index >= 15 is 0 Å². The van der Waals surface area contributed by atoms with E-state index in [1.54, 1.807) is 12.1 Å². The van der Waals surface area contributed by atoms with Crippen LogP contribution in [0.25, 0.3) is 10.2 Å². The molecule has 0 spiro atoms. The Labute approximate surface area is 195 Å². The first kappa shape index (κ1) is 21.7. The molecule has 0 bridgehead atoms. The minimum Gasteiger partial charge on any atom is -0.379 e. The molecule has 1 N–H and O–H groups in total. The maximum absolute atomic E-state index is 12.8. The molecule has 3 heterocycles. The van der Waals surface area contributed by atoms with Gasteiger partial charge >= 0.3 is 0 Å². The zero-order valence-electron chi connectivity index (χ0n) is 18.2. The van der Waals surface area contributed by atoms with Crippen molar-refractivity contribution in [3.63, 3.8) is 0 Å². The maximum atomic E-state index is 12.8. The van der Waals surface area contributed by atoms with Crippen LogP contribution in [0.3, 0.4) is 0 Å². The monoisotopic (exact) mass is 467 g/mol. The molecule has 2 saturated heterocycles. The van der Waals surface area contributed by atoms with Crippen molar-refractivity contribution in [3.8, 4) is 0 Å². The molecular formula is C23H25N5O4S. The third-order valence-electron chi connectivity index (χ3n) is 6.06. The summed E-state index contributed by atoms with van der Waals surface area (Å²) in [5.41, 5.74) is 2.79. The number of nitrogens with one attached hydrogen (secondary N) is 1. The lowest BCUT2D eigenvalue weighted by atomic mass is 10.1. The normalized spacial score (nSPS) is 16.9. The number of thiazole rings is 1. The molecule has 1 aromatic heterocycles. The first-order valence-electron chi connectivity index (χ1n) is 11.1. The molecule has 0 aliphatic carbocycles. The molecule has 1 amide bonds. The van der Waals surface area contributed by atoms with Crippen LogP contribution in [0.15, 0.2) is 36.4 Å². The van der Waals surface area contributed by atoms with E-state index in [-0.39, 0.29) is 11.3 Å². The van der Waals surface area contributed by atoms with E-state index in [1.165, 1.54) is 23.0 Å². The van der Waals surface area contributed by atoms with Crippen LogP contribution in [-0.2, 0) is 11.3 Å². The smallest absolute Gasteiger partial charge is 0.293 e. The van der Waals surface area contributed by atoms with Gasteiger partial charge in [0.1, 0.15) is 5.69 Å². The molecule has 0 unspecified atom stereocenters. The molecule has 0 radical (unpaired) electrons. The van der Waals surface area contributed by atoms with Crippen LogP contribution in [0, 0.1) is 10.1 Å². The highest BCUT2D eigenvalue weighted by atomic mass is 32.1. The highest BCUT2D eigenvalue weighted by Gasteiger charge is 2.24. The van der Waals surface area contributed by atoms with E-state index in [4.69, 9.17) is 4.74 Å². The Hall–Kier alpha value is -3.08. The number of nitrogens with zero attached hydrogens (tertiary/aromatic N) is 4. The van der Waals surface area contributed by atoms with Crippen molar-refractivity contribution >= 4 is 44.0 Å². The number of ether oxygens (including phenoxy) is 1. The average Bonchev–Trinajstić information content (AvgIpc) is 3.49. The Balaban J connectivity index is 1.32. The van der Waals surface area contributed by atoms with E-state index in [2.05, 4.69) is 27.3 Å². The molecule has 33 heavy (non-hydrogen) atoms. The van der Waals surface area contributed by atoms with Gasteiger partial charge in [-0.05, 0) is 42.7 Å². The predicted octanol–water partition coefficient (Wildman–Crippen LogP) is 3.89. The summed E-state index contributed by atoms with van der Waals surface area (Å²) in [7, 11) is 0. The van der Waals surface area contributed by atoms with Gasteiger partial charge in [0.15, 0.2) is 5.13 Å². The molecule has 2 aliphatic heterocycles. The molecule has 0 saturated carbocycles. The van der Waals surface area contributed by atoms with Gasteiger partial charge in [0, 0.05) is 44.4 Å². The fourth-order valence-corrected chi connectivity index (χ4v) is 5.27. The van der Waals surface area contributed by atoms with Gasteiger partial charge in [-0.1, -0.05) is 17.4 Å². The Kier molecular flexibility index (Phi) is 6.21. The highest BCUT2D eigenvalue weighted by molar-refractivity contribution is 7.22. The molecule has 9 nitrogen and oxygen atoms in total. The molecule has 2 fully saturated rings. The number of hydrogen-bond acceptors (Lipinski definition) is 8. The Morgan fingerprint density at radius 1 is 1.12 bits per heavy atom. The van der Waals surface area contributed by atoms with Crippen LogP contribution in [0.2, 0.25) is 0 Å².